The average Bonchev–Trinajstić information content (AvgIpc) is 2.12. The summed E-state index contributed by atoms with van der Waals surface area (Å²) in [6, 6.07) is 0. The van der Waals surface area contributed by atoms with Crippen LogP contribution in [0.25, 0.3) is 0 Å². The normalized spacial score (nSPS) is 12.0. The zero-order valence-corrected chi connectivity index (χ0v) is 19.8. The summed E-state index contributed by atoms with van der Waals surface area (Å²) in [6.07, 6.45) is 0. The summed E-state index contributed by atoms with van der Waals surface area (Å²) in [6.45, 7) is 28.4. The van der Waals surface area contributed by atoms with Crippen LogP contribution in [0.4, 0.5) is 0 Å². The second-order valence-corrected chi connectivity index (χ2v) is 16.9. The first kappa shape index (κ1) is 27.2. The van der Waals surface area contributed by atoms with Crippen molar-refractivity contribution in [3.63, 3.8) is 0 Å². The summed E-state index contributed by atoms with van der Waals surface area (Å²) in [5, 5.41) is 0. The van der Waals surface area contributed by atoms with Crippen LogP contribution in [0.2, 0.25) is 0 Å². The Labute approximate surface area is 149 Å². The van der Waals surface area contributed by atoms with Gasteiger partial charge in [0, 0.05) is 32.3 Å². The van der Waals surface area contributed by atoms with E-state index >= 15 is 0 Å². The molecule has 0 aromatic rings. The van der Waals surface area contributed by atoms with Crippen molar-refractivity contribution >= 4 is 15.8 Å². The Morgan fingerprint density at radius 3 is 0.429 bits per heavy atom. The second kappa shape index (κ2) is 13.8. The molecule has 0 rings (SSSR count). The average molecular weight is 381 g/mol. The van der Waals surface area contributed by atoms with Crippen molar-refractivity contribution in [3.05, 3.63) is 0 Å². The Kier molecular flexibility index (Phi) is 17.8. The van der Waals surface area contributed by atoms with E-state index in [2.05, 4.69) is 83.1 Å². The third-order valence-electron chi connectivity index (χ3n) is 4.00. The predicted molar refractivity (Wildman–Crippen MR) is 107 cm³/mol. The summed E-state index contributed by atoms with van der Waals surface area (Å²) in [5.41, 5.74) is 5.61. The van der Waals surface area contributed by atoms with Gasteiger partial charge in [-0.3, -0.25) is 0 Å². The molecule has 0 aromatic carbocycles. The van der Waals surface area contributed by atoms with Gasteiger partial charge in [0.2, 0.25) is 0 Å². The third kappa shape index (κ3) is 12.4. The van der Waals surface area contributed by atoms with E-state index < -0.39 is 0 Å². The van der Waals surface area contributed by atoms with Gasteiger partial charge < -0.3 is 0 Å². The molecule has 3 heteroatoms. The molecule has 0 saturated heterocycles. The van der Waals surface area contributed by atoms with Crippen LogP contribution >= 0.6 is 15.8 Å². The molecule has 0 amide bonds. The molecule has 0 heterocycles. The van der Waals surface area contributed by atoms with Crippen molar-refractivity contribution in [1.29, 1.82) is 0 Å². The quantitative estimate of drug-likeness (QED) is 0.349. The molecule has 0 spiro atoms. The van der Waals surface area contributed by atoms with E-state index in [0.29, 0.717) is 0 Å². The Hall–Kier alpha value is 1.35. The fraction of sp³-hybridized carbons (Fsp3) is 1.00. The summed E-state index contributed by atoms with van der Waals surface area (Å²) in [7, 11) is -0.191. The summed E-state index contributed by atoms with van der Waals surface area (Å²) in [5.74, 6) is 0. The van der Waals surface area contributed by atoms with Crippen molar-refractivity contribution in [2.24, 2.45) is 0 Å². The molecule has 0 bridgehead atoms. The first-order chi connectivity index (χ1) is 8.93. The Morgan fingerprint density at radius 1 is 0.333 bits per heavy atom. The second-order valence-electron chi connectivity index (χ2n) is 7.93. The van der Waals surface area contributed by atoms with E-state index in [4.69, 9.17) is 0 Å². The van der Waals surface area contributed by atoms with Crippen LogP contribution < -0.4 is 0 Å². The molecule has 0 unspecified atom stereocenters. The Balaban J connectivity index is -0.000000295. The minimum atomic E-state index is -0.0957. The van der Waals surface area contributed by atoms with Gasteiger partial charge in [-0.05, 0) is 83.1 Å². The van der Waals surface area contributed by atoms with Gasteiger partial charge in [0.25, 0.3) is 0 Å². The molecule has 0 N–H and O–H groups in total. The number of rotatable bonds is 6. The maximum absolute atomic E-state index is 2.37. The van der Waals surface area contributed by atoms with Crippen LogP contribution in [0.1, 0.15) is 83.1 Å². The minimum absolute atomic E-state index is 0. The topological polar surface area (TPSA) is 0 Å². The molecule has 0 aromatic heterocycles. The smallest absolute Gasteiger partial charge is 0.0287 e. The van der Waals surface area contributed by atoms with Gasteiger partial charge >= 0.3 is 0 Å². The maximum Gasteiger partial charge on any atom is 0.0624 e. The third-order valence-corrected chi connectivity index (χ3v) is 12.0. The van der Waals surface area contributed by atoms with Gasteiger partial charge in [0.1, 0.15) is 0 Å². The van der Waals surface area contributed by atoms with E-state index in [9.17, 15) is 0 Å². The van der Waals surface area contributed by atoms with Crippen LogP contribution in [-0.4, -0.2) is 34.0 Å². The number of hydrogen-bond acceptors (Lipinski definition) is 0. The van der Waals surface area contributed by atoms with Crippen LogP contribution in [-0.2, 0) is 16.5 Å². The van der Waals surface area contributed by atoms with Crippen molar-refractivity contribution in [2.45, 2.75) is 117 Å². The molecular weight excluding hydrogens is 337 g/mol. The first-order valence-electron chi connectivity index (χ1n) is 8.66. The molecule has 0 aliphatic carbocycles. The maximum atomic E-state index is 2.37. The molecule has 0 fully saturated rings. The molecule has 0 aliphatic heterocycles. The van der Waals surface area contributed by atoms with Gasteiger partial charge in [-0.2, -0.15) is 0 Å². The molecular formula is C18H44NiP2+2. The van der Waals surface area contributed by atoms with Gasteiger partial charge in [0.05, 0.1) is 34.0 Å². The van der Waals surface area contributed by atoms with E-state index in [1.165, 1.54) is 0 Å². The molecule has 0 atom stereocenters. The van der Waals surface area contributed by atoms with Gasteiger partial charge in [-0.1, -0.05) is 0 Å². The van der Waals surface area contributed by atoms with E-state index in [-0.39, 0.29) is 32.3 Å². The monoisotopic (exact) mass is 380 g/mol. The molecule has 0 saturated carbocycles. The molecule has 134 valence electrons. The Morgan fingerprint density at radius 2 is 0.429 bits per heavy atom. The molecule has 21 heavy (non-hydrogen) atoms. The van der Waals surface area contributed by atoms with Crippen LogP contribution in [0.15, 0.2) is 0 Å². The van der Waals surface area contributed by atoms with Crippen molar-refractivity contribution in [3.8, 4) is 0 Å². The van der Waals surface area contributed by atoms with Crippen molar-refractivity contribution in [2.75, 3.05) is 0 Å². The zero-order valence-electron chi connectivity index (χ0n) is 16.8. The van der Waals surface area contributed by atoms with E-state index in [1.54, 1.807) is 0 Å². The fourth-order valence-corrected chi connectivity index (χ4v) is 12.0. The molecule has 0 nitrogen and oxygen atoms in total. The standard InChI is InChI=1S/2C9H21P.Ni/c2*1-7(2)10(8(3)4)9(5)6;/h2*7-9H,1-6H3;/p+2. The van der Waals surface area contributed by atoms with Crippen LogP contribution in [0.3, 0.4) is 0 Å². The van der Waals surface area contributed by atoms with Gasteiger partial charge in [-0.15, -0.1) is 0 Å². The summed E-state index contributed by atoms with van der Waals surface area (Å²) >= 11 is 0. The summed E-state index contributed by atoms with van der Waals surface area (Å²) < 4.78 is 0. The van der Waals surface area contributed by atoms with Crippen LogP contribution in [0, 0.1) is 0 Å². The minimum Gasteiger partial charge on any atom is -0.0287 e. The Bertz CT molecular complexity index is 161. The van der Waals surface area contributed by atoms with E-state index in [1.807, 2.05) is 0 Å². The zero-order chi connectivity index (χ0) is 16.6. The van der Waals surface area contributed by atoms with E-state index in [0.717, 1.165) is 34.0 Å². The first-order valence-corrected chi connectivity index (χ1v) is 12.1. The van der Waals surface area contributed by atoms with Gasteiger partial charge in [0.15, 0.2) is 0 Å². The SMILES string of the molecule is CC(C)[PH+](C(C)C)C(C)C.CC(C)[PH+](C(C)C)C(C)C.[Ni]. The van der Waals surface area contributed by atoms with Crippen molar-refractivity contribution < 1.29 is 16.5 Å². The fourth-order valence-electron chi connectivity index (χ4n) is 4.00. The number of hydrogen-bond donors (Lipinski definition) is 0. The largest absolute Gasteiger partial charge is 0.0624 e. The summed E-state index contributed by atoms with van der Waals surface area (Å²) in [4.78, 5) is 0. The van der Waals surface area contributed by atoms with Crippen molar-refractivity contribution in [1.82, 2.24) is 0 Å². The molecule has 0 aliphatic rings. The molecule has 0 radical (unpaired) electrons. The van der Waals surface area contributed by atoms with Crippen LogP contribution in [0.5, 0.6) is 0 Å². The van der Waals surface area contributed by atoms with Gasteiger partial charge in [-0.25, -0.2) is 0 Å². The predicted octanol–water partition coefficient (Wildman–Crippen LogP) is 6.85.